The van der Waals surface area contributed by atoms with Crippen molar-refractivity contribution in [2.75, 3.05) is 0 Å². The van der Waals surface area contributed by atoms with E-state index in [-0.39, 0.29) is 12.3 Å². The summed E-state index contributed by atoms with van der Waals surface area (Å²) in [5.74, 6) is 0.915. The molecule has 1 aliphatic carbocycles. The maximum Gasteiger partial charge on any atom is 0.131 e. The largest absolute Gasteiger partial charge is 0.350 e. The molecule has 0 saturated carbocycles. The molecule has 1 aliphatic heterocycles. The van der Waals surface area contributed by atoms with Crippen molar-refractivity contribution in [2.24, 2.45) is 4.99 Å². The van der Waals surface area contributed by atoms with Crippen molar-refractivity contribution in [1.29, 1.82) is 0 Å². The van der Waals surface area contributed by atoms with E-state index in [0.717, 1.165) is 24.2 Å². The minimum absolute atomic E-state index is 0.0484. The van der Waals surface area contributed by atoms with E-state index in [0.29, 0.717) is 0 Å². The Bertz CT molecular complexity index is 2640. The smallest absolute Gasteiger partial charge is 0.131 e. The summed E-state index contributed by atoms with van der Waals surface area (Å²) in [5.41, 5.74) is 11.0. The van der Waals surface area contributed by atoms with Gasteiger partial charge in [-0.25, -0.2) is 4.99 Å². The number of fused-ring (bicyclic) bond motifs is 7. The minimum Gasteiger partial charge on any atom is -0.350 e. The second kappa shape index (κ2) is 11.8. The van der Waals surface area contributed by atoms with Crippen molar-refractivity contribution >= 4 is 55.1 Å². The van der Waals surface area contributed by atoms with Crippen LogP contribution in [-0.4, -0.2) is 21.1 Å². The number of para-hydroxylation sites is 3. The highest BCUT2D eigenvalue weighted by molar-refractivity contribution is 6.26. The Morgan fingerprint density at radius 1 is 0.540 bits per heavy atom. The van der Waals surface area contributed by atoms with Crippen molar-refractivity contribution in [3.63, 3.8) is 0 Å². The first-order valence-corrected chi connectivity index (χ1v) is 17.4. The molecule has 3 heterocycles. The van der Waals surface area contributed by atoms with Gasteiger partial charge in [0, 0.05) is 38.5 Å². The van der Waals surface area contributed by atoms with E-state index < -0.39 is 0 Å². The fourth-order valence-electron chi connectivity index (χ4n) is 8.03. The summed E-state index contributed by atoms with van der Waals surface area (Å²) in [5, 5.41) is 12.6. The maximum atomic E-state index is 5.23. The molecule has 2 unspecified atom stereocenters. The van der Waals surface area contributed by atoms with Gasteiger partial charge < -0.3 is 14.5 Å². The molecule has 0 amide bonds. The molecular weight excluding hydrogens is 611 g/mol. The number of amidine groups is 1. The molecule has 50 heavy (non-hydrogen) atoms. The minimum atomic E-state index is -0.136. The van der Waals surface area contributed by atoms with Gasteiger partial charge in [-0.3, -0.25) is 5.32 Å². The van der Waals surface area contributed by atoms with Crippen molar-refractivity contribution in [3.8, 4) is 5.69 Å². The highest BCUT2D eigenvalue weighted by Gasteiger charge is 2.28. The molecule has 2 N–H and O–H groups in total. The Kier molecular flexibility index (Phi) is 6.78. The molecule has 0 radical (unpaired) electrons. The lowest BCUT2D eigenvalue weighted by molar-refractivity contribution is 0.425. The summed E-state index contributed by atoms with van der Waals surface area (Å²) in [6.07, 6.45) is 6.27. The van der Waals surface area contributed by atoms with Crippen LogP contribution in [0.5, 0.6) is 0 Å². The molecule has 2 aliphatic rings. The summed E-state index contributed by atoms with van der Waals surface area (Å²) in [6, 6.07) is 54.1. The molecule has 240 valence electrons. The van der Waals surface area contributed by atoms with E-state index in [1.807, 2.05) is 0 Å². The summed E-state index contributed by atoms with van der Waals surface area (Å²) in [4.78, 5) is 5.23. The van der Waals surface area contributed by atoms with E-state index in [9.17, 15) is 0 Å². The topological polar surface area (TPSA) is 46.3 Å². The van der Waals surface area contributed by atoms with Gasteiger partial charge in [0.15, 0.2) is 0 Å². The predicted octanol–water partition coefficient (Wildman–Crippen LogP) is 10.1. The predicted molar refractivity (Wildman–Crippen MR) is 208 cm³/mol. The lowest BCUT2D eigenvalue weighted by Crippen LogP contribution is -2.49. The standard InChI is InChI=1S/C45H35N5/c1-4-14-30(15-5-1)43-46-44(31-16-6-2-7-17-31)48-45(47-43)32-24-26-34(27-25-32)50-38-22-12-10-20-35(38)36-28-29-40-41(42(36)50)37-21-11-13-23-39(37)49(40)33-18-8-3-9-19-33/h1-24,26,28-29,43,45,47H,25,27H2,(H,46,48). The zero-order valence-electron chi connectivity index (χ0n) is 27.5. The normalized spacial score (nSPS) is 17.9. The Morgan fingerprint density at radius 2 is 1.20 bits per heavy atom. The number of rotatable bonds is 5. The molecule has 0 spiro atoms. The van der Waals surface area contributed by atoms with E-state index in [1.54, 1.807) is 0 Å². The Morgan fingerprint density at radius 3 is 1.94 bits per heavy atom. The van der Waals surface area contributed by atoms with Crippen LogP contribution in [0.15, 0.2) is 174 Å². The lowest BCUT2D eigenvalue weighted by atomic mass is 9.98. The molecule has 2 atom stereocenters. The first kappa shape index (κ1) is 28.8. The van der Waals surface area contributed by atoms with E-state index in [4.69, 9.17) is 4.99 Å². The molecule has 0 fully saturated rings. The second-order valence-corrected chi connectivity index (χ2v) is 13.2. The van der Waals surface area contributed by atoms with Crippen LogP contribution < -0.4 is 10.6 Å². The summed E-state index contributed by atoms with van der Waals surface area (Å²) in [6.45, 7) is 0. The van der Waals surface area contributed by atoms with Gasteiger partial charge in [0.05, 0.1) is 22.1 Å². The summed E-state index contributed by atoms with van der Waals surface area (Å²) >= 11 is 0. The fourth-order valence-corrected chi connectivity index (χ4v) is 8.03. The van der Waals surface area contributed by atoms with E-state index in [2.05, 4.69) is 184 Å². The number of benzene rings is 6. The number of aromatic nitrogens is 2. The van der Waals surface area contributed by atoms with Crippen LogP contribution in [0.25, 0.3) is 55.0 Å². The number of nitrogens with one attached hydrogen (secondary N) is 2. The highest BCUT2D eigenvalue weighted by Crippen LogP contribution is 2.43. The van der Waals surface area contributed by atoms with Crippen LogP contribution in [0, 0.1) is 0 Å². The van der Waals surface area contributed by atoms with Gasteiger partial charge in [-0.15, -0.1) is 0 Å². The van der Waals surface area contributed by atoms with Gasteiger partial charge in [0.25, 0.3) is 0 Å². The summed E-state index contributed by atoms with van der Waals surface area (Å²) < 4.78 is 4.94. The number of hydrogen-bond donors (Lipinski definition) is 2. The average Bonchev–Trinajstić information content (AvgIpc) is 3.72. The third-order valence-corrected chi connectivity index (χ3v) is 10.3. The zero-order valence-corrected chi connectivity index (χ0v) is 27.5. The number of hydrogen-bond acceptors (Lipinski definition) is 3. The molecule has 0 bridgehead atoms. The molecule has 5 heteroatoms. The van der Waals surface area contributed by atoms with Crippen molar-refractivity contribution < 1.29 is 0 Å². The van der Waals surface area contributed by atoms with Crippen molar-refractivity contribution in [2.45, 2.75) is 25.2 Å². The van der Waals surface area contributed by atoms with Crippen LogP contribution >= 0.6 is 0 Å². The lowest BCUT2D eigenvalue weighted by Gasteiger charge is -2.34. The first-order valence-electron chi connectivity index (χ1n) is 17.4. The number of nitrogens with zero attached hydrogens (tertiary/aromatic N) is 3. The monoisotopic (exact) mass is 645 g/mol. The Balaban J connectivity index is 1.14. The molecule has 6 aromatic carbocycles. The molecule has 0 saturated heterocycles. The quantitative estimate of drug-likeness (QED) is 0.196. The fraction of sp³-hybridized carbons (Fsp3) is 0.0889. The van der Waals surface area contributed by atoms with Gasteiger partial charge in [0.1, 0.15) is 18.2 Å². The molecular formula is C45H35N5. The average molecular weight is 646 g/mol. The first-order chi connectivity index (χ1) is 24.8. The molecule has 2 aromatic heterocycles. The Labute approximate surface area is 290 Å². The third kappa shape index (κ3) is 4.62. The molecule has 10 rings (SSSR count). The van der Waals surface area contributed by atoms with Crippen molar-refractivity contribution in [3.05, 3.63) is 181 Å². The van der Waals surface area contributed by atoms with Crippen LogP contribution in [0.3, 0.4) is 0 Å². The van der Waals surface area contributed by atoms with Crippen LogP contribution in [0.4, 0.5) is 0 Å². The van der Waals surface area contributed by atoms with Crippen LogP contribution in [0.2, 0.25) is 0 Å². The highest BCUT2D eigenvalue weighted by atomic mass is 15.3. The molecule has 8 aromatic rings. The van der Waals surface area contributed by atoms with E-state index >= 15 is 0 Å². The van der Waals surface area contributed by atoms with Gasteiger partial charge in [-0.05, 0) is 60.4 Å². The Hall–Kier alpha value is -6.17. The van der Waals surface area contributed by atoms with Gasteiger partial charge in [0.2, 0.25) is 0 Å². The number of aliphatic imine (C=N–C) groups is 1. The van der Waals surface area contributed by atoms with Crippen molar-refractivity contribution in [1.82, 2.24) is 19.8 Å². The van der Waals surface area contributed by atoms with Gasteiger partial charge >= 0.3 is 0 Å². The van der Waals surface area contributed by atoms with Crippen LogP contribution in [-0.2, 0) is 0 Å². The summed E-state index contributed by atoms with van der Waals surface area (Å²) in [7, 11) is 0. The number of allylic oxidation sites excluding steroid dienone is 3. The zero-order chi connectivity index (χ0) is 33.0. The van der Waals surface area contributed by atoms with Crippen LogP contribution in [0.1, 0.15) is 30.1 Å². The van der Waals surface area contributed by atoms with Gasteiger partial charge in [-0.1, -0.05) is 127 Å². The van der Waals surface area contributed by atoms with E-state index in [1.165, 1.54) is 66.1 Å². The molecule has 5 nitrogen and oxygen atoms in total. The SMILES string of the molecule is C1=C(C2N=C(c3ccccc3)NC(c3ccccc3)N2)CCC(n2c3ccccc3c3ccc4c(c5ccccc5n4-c4ccccc4)c32)=C1. The maximum absolute atomic E-state index is 5.23. The van der Waals surface area contributed by atoms with Gasteiger partial charge in [-0.2, -0.15) is 0 Å². The second-order valence-electron chi connectivity index (χ2n) is 13.2. The third-order valence-electron chi connectivity index (χ3n) is 10.3.